The zero-order valence-corrected chi connectivity index (χ0v) is 13.1. The Bertz CT molecular complexity index is 544. The van der Waals surface area contributed by atoms with Gasteiger partial charge in [0.1, 0.15) is 11.6 Å². The molecule has 1 heterocycles. The van der Waals surface area contributed by atoms with Crippen molar-refractivity contribution >= 4 is 5.69 Å². The van der Waals surface area contributed by atoms with E-state index in [0.29, 0.717) is 17.8 Å². The maximum absolute atomic E-state index is 14.4. The third kappa shape index (κ3) is 2.73. The summed E-state index contributed by atoms with van der Waals surface area (Å²) in [6.07, 6.45) is 4.71. The standard InChI is InChI=1S/C17H25FN2O/c1-11-8-15(12(18)9-16(11)21)20-10-17(2,3)19-13-6-4-5-7-14(13)20/h8-9,13-14,19,21H,4-7,10H2,1-3H3/t13-,14+/m1/s1. The molecule has 1 aromatic carbocycles. The van der Waals surface area contributed by atoms with Crippen molar-refractivity contribution in [1.29, 1.82) is 0 Å². The Morgan fingerprint density at radius 3 is 2.76 bits per heavy atom. The lowest BCUT2D eigenvalue weighted by Gasteiger charge is -2.52. The number of nitrogens with one attached hydrogen (secondary N) is 1. The molecule has 3 rings (SSSR count). The fourth-order valence-electron chi connectivity index (χ4n) is 3.88. The molecule has 21 heavy (non-hydrogen) atoms. The number of phenolic OH excluding ortho intramolecular Hbond substituents is 1. The summed E-state index contributed by atoms with van der Waals surface area (Å²) in [7, 11) is 0. The summed E-state index contributed by atoms with van der Waals surface area (Å²) in [5.41, 5.74) is 1.34. The van der Waals surface area contributed by atoms with Gasteiger partial charge >= 0.3 is 0 Å². The van der Waals surface area contributed by atoms with Crippen LogP contribution in [0.15, 0.2) is 12.1 Å². The van der Waals surface area contributed by atoms with Crippen molar-refractivity contribution in [1.82, 2.24) is 5.32 Å². The predicted octanol–water partition coefficient (Wildman–Crippen LogP) is 3.34. The van der Waals surface area contributed by atoms with Crippen LogP contribution in [0.5, 0.6) is 5.75 Å². The Kier molecular flexibility index (Phi) is 3.60. The number of halogens is 1. The maximum atomic E-state index is 14.4. The summed E-state index contributed by atoms with van der Waals surface area (Å²) < 4.78 is 14.4. The maximum Gasteiger partial charge on any atom is 0.150 e. The molecule has 116 valence electrons. The lowest BCUT2D eigenvalue weighted by molar-refractivity contribution is 0.198. The quantitative estimate of drug-likeness (QED) is 0.833. The molecule has 2 atom stereocenters. The molecule has 0 aromatic heterocycles. The number of aromatic hydroxyl groups is 1. The Morgan fingerprint density at radius 1 is 1.29 bits per heavy atom. The van der Waals surface area contributed by atoms with E-state index in [1.54, 1.807) is 6.07 Å². The van der Waals surface area contributed by atoms with Gasteiger partial charge in [0.15, 0.2) is 0 Å². The van der Waals surface area contributed by atoms with Gasteiger partial charge < -0.3 is 15.3 Å². The van der Waals surface area contributed by atoms with E-state index in [1.807, 2.05) is 6.92 Å². The molecule has 1 saturated heterocycles. The second kappa shape index (κ2) is 5.16. The average molecular weight is 292 g/mol. The zero-order chi connectivity index (χ0) is 15.2. The number of hydrogen-bond donors (Lipinski definition) is 2. The molecule has 0 amide bonds. The van der Waals surface area contributed by atoms with Crippen LogP contribution in [0, 0.1) is 12.7 Å². The molecule has 1 saturated carbocycles. The minimum absolute atomic E-state index is 0.0310. The van der Waals surface area contributed by atoms with E-state index in [9.17, 15) is 9.50 Å². The lowest BCUT2D eigenvalue weighted by Crippen LogP contribution is -2.67. The van der Waals surface area contributed by atoms with Gasteiger partial charge in [0.2, 0.25) is 0 Å². The molecule has 1 aliphatic heterocycles. The number of anilines is 1. The molecule has 1 aromatic rings. The summed E-state index contributed by atoms with van der Waals surface area (Å²) >= 11 is 0. The van der Waals surface area contributed by atoms with Crippen LogP contribution in [0.1, 0.15) is 45.1 Å². The van der Waals surface area contributed by atoms with Crippen molar-refractivity contribution in [3.63, 3.8) is 0 Å². The topological polar surface area (TPSA) is 35.5 Å². The van der Waals surface area contributed by atoms with Gasteiger partial charge in [-0.2, -0.15) is 0 Å². The van der Waals surface area contributed by atoms with Gasteiger partial charge in [0.05, 0.1) is 5.69 Å². The van der Waals surface area contributed by atoms with Crippen LogP contribution < -0.4 is 10.2 Å². The molecule has 0 unspecified atom stereocenters. The van der Waals surface area contributed by atoms with E-state index in [4.69, 9.17) is 0 Å². The normalized spacial score (nSPS) is 28.3. The van der Waals surface area contributed by atoms with Gasteiger partial charge in [0, 0.05) is 30.2 Å². The number of phenols is 1. The molecule has 0 radical (unpaired) electrons. The first-order valence-electron chi connectivity index (χ1n) is 7.91. The van der Waals surface area contributed by atoms with Crippen LogP contribution in [0.25, 0.3) is 0 Å². The van der Waals surface area contributed by atoms with E-state index in [2.05, 4.69) is 24.1 Å². The Hall–Kier alpha value is -1.29. The number of fused-ring (bicyclic) bond motifs is 1. The largest absolute Gasteiger partial charge is 0.508 e. The first kappa shape index (κ1) is 14.6. The van der Waals surface area contributed by atoms with E-state index >= 15 is 0 Å². The monoisotopic (exact) mass is 292 g/mol. The molecule has 2 aliphatic rings. The van der Waals surface area contributed by atoms with Crippen LogP contribution >= 0.6 is 0 Å². The molecular weight excluding hydrogens is 267 g/mol. The number of hydrogen-bond acceptors (Lipinski definition) is 3. The smallest absolute Gasteiger partial charge is 0.150 e. The minimum atomic E-state index is -0.319. The van der Waals surface area contributed by atoms with Crippen molar-refractivity contribution in [2.75, 3.05) is 11.4 Å². The predicted molar refractivity (Wildman–Crippen MR) is 83.4 cm³/mol. The molecule has 0 bridgehead atoms. The van der Waals surface area contributed by atoms with Gasteiger partial charge in [-0.05, 0) is 45.2 Å². The Morgan fingerprint density at radius 2 is 2.00 bits per heavy atom. The van der Waals surface area contributed by atoms with Crippen molar-refractivity contribution in [3.05, 3.63) is 23.5 Å². The molecule has 2 fully saturated rings. The molecule has 3 nitrogen and oxygen atoms in total. The molecule has 0 spiro atoms. The second-order valence-electron chi connectivity index (χ2n) is 7.20. The second-order valence-corrected chi connectivity index (χ2v) is 7.20. The lowest BCUT2D eigenvalue weighted by atomic mass is 9.83. The summed E-state index contributed by atoms with van der Waals surface area (Å²) in [5.74, 6) is -0.286. The van der Waals surface area contributed by atoms with Gasteiger partial charge in [0.25, 0.3) is 0 Å². The highest BCUT2D eigenvalue weighted by atomic mass is 19.1. The first-order valence-corrected chi connectivity index (χ1v) is 7.91. The van der Waals surface area contributed by atoms with Crippen molar-refractivity contribution < 1.29 is 9.50 Å². The van der Waals surface area contributed by atoms with E-state index in [1.165, 1.54) is 18.9 Å². The van der Waals surface area contributed by atoms with E-state index in [0.717, 1.165) is 24.9 Å². The molecule has 4 heteroatoms. The van der Waals surface area contributed by atoms with Crippen molar-refractivity contribution in [3.8, 4) is 5.75 Å². The summed E-state index contributed by atoms with van der Waals surface area (Å²) in [6, 6.07) is 3.82. The Labute approximate surface area is 126 Å². The minimum Gasteiger partial charge on any atom is -0.508 e. The van der Waals surface area contributed by atoms with Gasteiger partial charge in [-0.3, -0.25) is 0 Å². The highest BCUT2D eigenvalue weighted by molar-refractivity contribution is 5.55. The SMILES string of the molecule is Cc1cc(N2CC(C)(C)N[C@@H]3CCCC[C@@H]32)c(F)cc1O. The molecular formula is C17H25FN2O. The third-order valence-corrected chi connectivity index (χ3v) is 4.85. The number of piperazine rings is 1. The fourth-order valence-corrected chi connectivity index (χ4v) is 3.88. The van der Waals surface area contributed by atoms with Crippen LogP contribution in [0.3, 0.4) is 0 Å². The van der Waals surface area contributed by atoms with Crippen molar-refractivity contribution in [2.45, 2.75) is 64.1 Å². The highest BCUT2D eigenvalue weighted by Gasteiger charge is 2.41. The summed E-state index contributed by atoms with van der Waals surface area (Å²) in [5, 5.41) is 13.4. The average Bonchev–Trinajstić information content (AvgIpc) is 2.41. The third-order valence-electron chi connectivity index (χ3n) is 4.85. The van der Waals surface area contributed by atoms with E-state index in [-0.39, 0.29) is 17.1 Å². The van der Waals surface area contributed by atoms with Crippen LogP contribution in [-0.4, -0.2) is 29.3 Å². The number of benzene rings is 1. The number of aryl methyl sites for hydroxylation is 1. The number of nitrogens with zero attached hydrogens (tertiary/aromatic N) is 1. The Balaban J connectivity index is 2.00. The van der Waals surface area contributed by atoms with Crippen molar-refractivity contribution in [2.24, 2.45) is 0 Å². The zero-order valence-electron chi connectivity index (χ0n) is 13.1. The van der Waals surface area contributed by atoms with Gasteiger partial charge in [-0.1, -0.05) is 12.8 Å². The fraction of sp³-hybridized carbons (Fsp3) is 0.647. The van der Waals surface area contributed by atoms with E-state index < -0.39 is 0 Å². The summed E-state index contributed by atoms with van der Waals surface area (Å²) in [6.45, 7) is 6.96. The first-order chi connectivity index (χ1) is 9.87. The van der Waals surface area contributed by atoms with Crippen LogP contribution in [-0.2, 0) is 0 Å². The highest BCUT2D eigenvalue weighted by Crippen LogP contribution is 2.36. The number of rotatable bonds is 1. The summed E-state index contributed by atoms with van der Waals surface area (Å²) in [4.78, 5) is 2.22. The molecule has 2 N–H and O–H groups in total. The van der Waals surface area contributed by atoms with Crippen LogP contribution in [0.2, 0.25) is 0 Å². The van der Waals surface area contributed by atoms with Gasteiger partial charge in [-0.25, -0.2) is 4.39 Å². The molecule has 1 aliphatic carbocycles. The van der Waals surface area contributed by atoms with Gasteiger partial charge in [-0.15, -0.1) is 0 Å². The van der Waals surface area contributed by atoms with Crippen LogP contribution in [0.4, 0.5) is 10.1 Å².